The highest BCUT2D eigenvalue weighted by molar-refractivity contribution is 5.71. The predicted molar refractivity (Wildman–Crippen MR) is 315 cm³/mol. The average molecular weight is 1000 g/mol. The fourth-order valence-electron chi connectivity index (χ4n) is 7.01. The van der Waals surface area contributed by atoms with Crippen LogP contribution in [0.3, 0.4) is 0 Å². The number of esters is 3. The second-order valence-electron chi connectivity index (χ2n) is 18.0. The Labute approximate surface area is 447 Å². The molecule has 406 valence electrons. The molecule has 0 saturated heterocycles. The quantitative estimate of drug-likeness (QED) is 0.0261. The normalized spacial score (nSPS) is 13.4. The molecule has 0 aliphatic carbocycles. The van der Waals surface area contributed by atoms with Crippen LogP contribution in [0, 0.1) is 0 Å². The van der Waals surface area contributed by atoms with Crippen molar-refractivity contribution in [3.63, 3.8) is 0 Å². The zero-order valence-corrected chi connectivity index (χ0v) is 46.3. The molecule has 0 aromatic heterocycles. The zero-order valence-electron chi connectivity index (χ0n) is 46.3. The third-order valence-corrected chi connectivity index (χ3v) is 11.2. The van der Waals surface area contributed by atoms with Gasteiger partial charge in [-0.2, -0.15) is 0 Å². The van der Waals surface area contributed by atoms with Crippen LogP contribution in [-0.4, -0.2) is 37.2 Å². The van der Waals surface area contributed by atoms with Gasteiger partial charge in [-0.25, -0.2) is 0 Å². The molecule has 0 spiro atoms. The molecule has 0 aromatic rings. The van der Waals surface area contributed by atoms with Crippen molar-refractivity contribution >= 4 is 17.9 Å². The summed E-state index contributed by atoms with van der Waals surface area (Å²) in [6.07, 6.45) is 87.8. The van der Waals surface area contributed by atoms with Gasteiger partial charge in [-0.3, -0.25) is 14.4 Å². The van der Waals surface area contributed by atoms with Gasteiger partial charge in [0.1, 0.15) is 13.2 Å². The molecule has 0 saturated carbocycles. The van der Waals surface area contributed by atoms with E-state index in [1.807, 2.05) is 0 Å². The van der Waals surface area contributed by atoms with Gasteiger partial charge in [-0.1, -0.05) is 217 Å². The summed E-state index contributed by atoms with van der Waals surface area (Å²) in [6.45, 7) is 6.19. The van der Waals surface area contributed by atoms with Gasteiger partial charge in [0.15, 0.2) is 6.10 Å². The fraction of sp³-hybridized carbons (Fsp3) is 0.537. The van der Waals surface area contributed by atoms with Crippen LogP contribution in [0.15, 0.2) is 170 Å². The van der Waals surface area contributed by atoms with Gasteiger partial charge in [0.05, 0.1) is 0 Å². The first kappa shape index (κ1) is 67.8. The molecule has 1 atom stereocenters. The minimum Gasteiger partial charge on any atom is -0.462 e. The van der Waals surface area contributed by atoms with Gasteiger partial charge < -0.3 is 14.2 Å². The molecule has 0 radical (unpaired) electrons. The van der Waals surface area contributed by atoms with Crippen molar-refractivity contribution in [2.45, 2.75) is 219 Å². The minimum absolute atomic E-state index is 0.123. The SMILES string of the molecule is CC/C=C\C/C=C\C/C=C\C/C=C\C/C=C\C/C=C\C/C=C\C/C=C\CCCCC(=O)OCC(COC(=O)CCCCC/C=C\C/C=C\C/C=C\CC)OC(=O)CCCCCCC/C=C\C/C=C\C/C=C\CC. The number of rotatable bonds is 49. The van der Waals surface area contributed by atoms with Gasteiger partial charge in [0, 0.05) is 19.3 Å². The second-order valence-corrected chi connectivity index (χ2v) is 18.0. The number of hydrogen-bond acceptors (Lipinski definition) is 6. The first-order valence-corrected chi connectivity index (χ1v) is 28.6. The van der Waals surface area contributed by atoms with E-state index >= 15 is 0 Å². The van der Waals surface area contributed by atoms with E-state index in [0.717, 1.165) is 167 Å². The van der Waals surface area contributed by atoms with Gasteiger partial charge >= 0.3 is 17.9 Å². The minimum atomic E-state index is -0.827. The van der Waals surface area contributed by atoms with E-state index in [0.29, 0.717) is 12.8 Å². The van der Waals surface area contributed by atoms with Crippen LogP contribution >= 0.6 is 0 Å². The van der Waals surface area contributed by atoms with E-state index in [1.54, 1.807) is 0 Å². The number of unbranched alkanes of at least 4 members (excludes halogenated alkanes) is 10. The van der Waals surface area contributed by atoms with Crippen molar-refractivity contribution < 1.29 is 28.6 Å². The highest BCUT2D eigenvalue weighted by Gasteiger charge is 2.19. The summed E-state index contributed by atoms with van der Waals surface area (Å²) in [5, 5.41) is 0. The first-order chi connectivity index (χ1) is 36.0. The molecule has 0 rings (SSSR count). The van der Waals surface area contributed by atoms with E-state index in [2.05, 4.69) is 191 Å². The third-order valence-electron chi connectivity index (χ3n) is 11.2. The smallest absolute Gasteiger partial charge is 0.306 e. The summed E-state index contributed by atoms with van der Waals surface area (Å²) < 4.78 is 16.8. The maximum atomic E-state index is 12.8. The third kappa shape index (κ3) is 57.5. The maximum Gasteiger partial charge on any atom is 0.306 e. The van der Waals surface area contributed by atoms with E-state index < -0.39 is 6.10 Å². The highest BCUT2D eigenvalue weighted by atomic mass is 16.6. The maximum absolute atomic E-state index is 12.8. The monoisotopic (exact) mass is 1000 g/mol. The Hall–Kier alpha value is -5.23. The number of ether oxygens (including phenoxy) is 3. The van der Waals surface area contributed by atoms with E-state index in [9.17, 15) is 14.4 Å². The molecule has 0 heterocycles. The highest BCUT2D eigenvalue weighted by Crippen LogP contribution is 2.12. The van der Waals surface area contributed by atoms with Gasteiger partial charge in [-0.05, 0) is 148 Å². The van der Waals surface area contributed by atoms with Gasteiger partial charge in [0.25, 0.3) is 0 Å². The van der Waals surface area contributed by atoms with Crippen molar-refractivity contribution in [3.8, 4) is 0 Å². The van der Waals surface area contributed by atoms with E-state index in [4.69, 9.17) is 14.2 Å². The lowest BCUT2D eigenvalue weighted by Crippen LogP contribution is -2.30. The Morgan fingerprint density at radius 1 is 0.274 bits per heavy atom. The topological polar surface area (TPSA) is 78.9 Å². The molecule has 6 nitrogen and oxygen atoms in total. The number of carbonyl (C=O) groups excluding carboxylic acids is 3. The lowest BCUT2D eigenvalue weighted by atomic mass is 10.1. The summed E-state index contributed by atoms with van der Waals surface area (Å²) in [7, 11) is 0. The van der Waals surface area contributed by atoms with Crippen molar-refractivity contribution in [2.24, 2.45) is 0 Å². The molecule has 0 bridgehead atoms. The van der Waals surface area contributed by atoms with Crippen LogP contribution in [0.1, 0.15) is 213 Å². The second kappa shape index (κ2) is 59.3. The molecule has 0 aliphatic rings. The van der Waals surface area contributed by atoms with Crippen LogP contribution < -0.4 is 0 Å². The van der Waals surface area contributed by atoms with Crippen molar-refractivity contribution in [3.05, 3.63) is 170 Å². The molecule has 6 heteroatoms. The Morgan fingerprint density at radius 2 is 0.493 bits per heavy atom. The molecule has 0 N–H and O–H groups in total. The Morgan fingerprint density at radius 3 is 0.808 bits per heavy atom. The Kier molecular flexibility index (Phi) is 55.1. The van der Waals surface area contributed by atoms with Crippen molar-refractivity contribution in [1.29, 1.82) is 0 Å². The molecular formula is C67H102O6. The molecular weight excluding hydrogens is 901 g/mol. The molecule has 0 aromatic carbocycles. The molecule has 73 heavy (non-hydrogen) atoms. The lowest BCUT2D eigenvalue weighted by Gasteiger charge is -2.18. The molecule has 0 fully saturated rings. The van der Waals surface area contributed by atoms with E-state index in [1.165, 1.54) is 0 Å². The van der Waals surface area contributed by atoms with Crippen LogP contribution in [-0.2, 0) is 28.6 Å². The van der Waals surface area contributed by atoms with E-state index in [-0.39, 0.29) is 44.0 Å². The van der Waals surface area contributed by atoms with Crippen molar-refractivity contribution in [1.82, 2.24) is 0 Å². The van der Waals surface area contributed by atoms with Crippen molar-refractivity contribution in [2.75, 3.05) is 13.2 Å². The van der Waals surface area contributed by atoms with Gasteiger partial charge in [0.2, 0.25) is 0 Å². The van der Waals surface area contributed by atoms with Crippen LogP contribution in [0.25, 0.3) is 0 Å². The molecule has 1 unspecified atom stereocenters. The Balaban J connectivity index is 4.49. The number of carbonyl (C=O) groups is 3. The zero-order chi connectivity index (χ0) is 52.9. The predicted octanol–water partition coefficient (Wildman–Crippen LogP) is 19.5. The summed E-state index contributed by atoms with van der Waals surface area (Å²) in [6, 6.07) is 0. The standard InChI is InChI=1S/C67H102O6/c1-4-7-10-13-16-19-22-25-27-28-29-30-31-32-33-34-35-36-37-38-40-42-45-48-51-54-57-60-66(69)72-63-64(62-71-65(68)59-56-53-50-47-44-41-24-21-18-15-12-9-6-3)73-67(70)61-58-55-52-49-46-43-39-26-23-20-17-14-11-8-5-2/h7-12,16-21,25-27,29-30,32-33,35-36,38-41,44-45,48,64H,4-6,13-15,22-24,28,31,34,37,42-43,46-47,49-63H2,1-3H3/b10-7-,11-8-,12-9-,19-16-,20-17-,21-18-,27-25-,30-29-,33-32-,36-35-,39-26-,40-38-,44-41-,48-45-. The lowest BCUT2D eigenvalue weighted by molar-refractivity contribution is -0.167. The average Bonchev–Trinajstić information content (AvgIpc) is 3.39. The summed E-state index contributed by atoms with van der Waals surface area (Å²) in [4.78, 5) is 38.1. The van der Waals surface area contributed by atoms with Crippen LogP contribution in [0.5, 0.6) is 0 Å². The Bertz CT molecular complexity index is 1720. The number of allylic oxidation sites excluding steroid dienone is 28. The molecule has 0 amide bonds. The fourth-order valence-corrected chi connectivity index (χ4v) is 7.01. The van der Waals surface area contributed by atoms with Crippen LogP contribution in [0.4, 0.5) is 0 Å². The number of hydrogen-bond donors (Lipinski definition) is 0. The summed E-state index contributed by atoms with van der Waals surface area (Å²) in [5.74, 6) is -1.02. The van der Waals surface area contributed by atoms with Crippen LogP contribution in [0.2, 0.25) is 0 Å². The largest absolute Gasteiger partial charge is 0.462 e. The summed E-state index contributed by atoms with van der Waals surface area (Å²) >= 11 is 0. The molecule has 0 aliphatic heterocycles. The van der Waals surface area contributed by atoms with Gasteiger partial charge in [-0.15, -0.1) is 0 Å². The summed E-state index contributed by atoms with van der Waals surface area (Å²) in [5.41, 5.74) is 0. The first-order valence-electron chi connectivity index (χ1n) is 28.6.